The van der Waals surface area contributed by atoms with Gasteiger partial charge in [-0.05, 0) is 84.0 Å². The Morgan fingerprint density at radius 1 is 0.963 bits per heavy atom. The molecule has 2 unspecified atom stereocenters. The van der Waals surface area contributed by atoms with E-state index in [1.54, 1.807) is 0 Å². The maximum atomic E-state index is 13.3. The number of halogens is 1. The summed E-state index contributed by atoms with van der Waals surface area (Å²) < 4.78 is 1.13. The van der Waals surface area contributed by atoms with Crippen LogP contribution in [-0.4, -0.2) is 11.9 Å². The predicted molar refractivity (Wildman–Crippen MR) is 119 cm³/mol. The average molecular weight is 468 g/mol. The Balaban J connectivity index is 1.68. The first-order valence-electron chi connectivity index (χ1n) is 9.13. The number of anilines is 2. The van der Waals surface area contributed by atoms with Crippen molar-refractivity contribution in [1.82, 2.24) is 0 Å². The Bertz CT molecular complexity index is 940. The number of carbonyl (C=O) groups is 1. The van der Waals surface area contributed by atoms with Gasteiger partial charge in [-0.2, -0.15) is 0 Å². The van der Waals surface area contributed by atoms with Crippen LogP contribution in [0.1, 0.15) is 35.3 Å². The van der Waals surface area contributed by atoms with Gasteiger partial charge < -0.3 is 10.2 Å². The molecule has 1 amide bonds. The SMILES string of the molecule is CC1CC(Nc2ccccc2)c2ccccc2N1C(=O)c1ccc(I)cc1. The van der Waals surface area contributed by atoms with Crippen LogP contribution < -0.4 is 10.2 Å². The minimum atomic E-state index is 0.0597. The van der Waals surface area contributed by atoms with Crippen molar-refractivity contribution in [1.29, 1.82) is 0 Å². The summed E-state index contributed by atoms with van der Waals surface area (Å²) in [6.45, 7) is 2.13. The lowest BCUT2D eigenvalue weighted by atomic mass is 9.90. The zero-order valence-electron chi connectivity index (χ0n) is 15.1. The smallest absolute Gasteiger partial charge is 0.258 e. The minimum absolute atomic E-state index is 0.0597. The lowest BCUT2D eigenvalue weighted by Crippen LogP contribution is -2.44. The predicted octanol–water partition coefficient (Wildman–Crippen LogP) is 5.88. The summed E-state index contributed by atoms with van der Waals surface area (Å²) in [5.41, 5.74) is 3.99. The molecule has 0 aliphatic carbocycles. The van der Waals surface area contributed by atoms with E-state index in [0.29, 0.717) is 0 Å². The number of amides is 1. The van der Waals surface area contributed by atoms with Gasteiger partial charge in [-0.1, -0.05) is 36.4 Å². The molecule has 4 heteroatoms. The maximum Gasteiger partial charge on any atom is 0.258 e. The van der Waals surface area contributed by atoms with Crippen molar-refractivity contribution in [2.24, 2.45) is 0 Å². The Kier molecular flexibility index (Phi) is 5.16. The van der Waals surface area contributed by atoms with Crippen molar-refractivity contribution in [2.75, 3.05) is 10.2 Å². The highest BCUT2D eigenvalue weighted by atomic mass is 127. The molecule has 0 saturated heterocycles. The molecular weight excluding hydrogens is 447 g/mol. The second-order valence-electron chi connectivity index (χ2n) is 6.89. The molecule has 3 nitrogen and oxygen atoms in total. The number of nitrogens with zero attached hydrogens (tertiary/aromatic N) is 1. The highest BCUT2D eigenvalue weighted by molar-refractivity contribution is 14.1. The van der Waals surface area contributed by atoms with Gasteiger partial charge >= 0.3 is 0 Å². The number of nitrogens with one attached hydrogen (secondary N) is 1. The summed E-state index contributed by atoms with van der Waals surface area (Å²) in [6, 6.07) is 26.5. The summed E-state index contributed by atoms with van der Waals surface area (Å²) in [5, 5.41) is 3.64. The zero-order valence-corrected chi connectivity index (χ0v) is 17.3. The first-order valence-corrected chi connectivity index (χ1v) is 10.2. The highest BCUT2D eigenvalue weighted by Gasteiger charge is 2.34. The van der Waals surface area contributed by atoms with Gasteiger partial charge in [0.15, 0.2) is 0 Å². The van der Waals surface area contributed by atoms with E-state index in [9.17, 15) is 4.79 Å². The lowest BCUT2D eigenvalue weighted by molar-refractivity contribution is 0.0974. The molecular formula is C23H21IN2O. The molecule has 1 heterocycles. The van der Waals surface area contributed by atoms with Gasteiger partial charge in [-0.25, -0.2) is 0 Å². The summed E-state index contributed by atoms with van der Waals surface area (Å²) in [4.78, 5) is 15.2. The number of para-hydroxylation sites is 2. The molecule has 4 rings (SSSR count). The number of fused-ring (bicyclic) bond motifs is 1. The molecule has 0 saturated carbocycles. The van der Waals surface area contributed by atoms with E-state index in [4.69, 9.17) is 0 Å². The van der Waals surface area contributed by atoms with Crippen LogP contribution in [0.2, 0.25) is 0 Å². The molecule has 0 radical (unpaired) electrons. The largest absolute Gasteiger partial charge is 0.378 e. The van der Waals surface area contributed by atoms with Crippen molar-refractivity contribution in [3.63, 3.8) is 0 Å². The molecule has 1 aliphatic heterocycles. The van der Waals surface area contributed by atoms with Crippen molar-refractivity contribution < 1.29 is 4.79 Å². The van der Waals surface area contributed by atoms with Gasteiger partial charge in [0.25, 0.3) is 5.91 Å². The molecule has 3 aromatic rings. The van der Waals surface area contributed by atoms with Gasteiger partial charge in [-0.15, -0.1) is 0 Å². The third-order valence-electron chi connectivity index (χ3n) is 5.01. The van der Waals surface area contributed by atoms with Crippen molar-refractivity contribution >= 4 is 39.9 Å². The molecule has 1 aliphatic rings. The molecule has 3 aromatic carbocycles. The number of carbonyl (C=O) groups excluding carboxylic acids is 1. The first-order chi connectivity index (χ1) is 13.1. The monoisotopic (exact) mass is 468 g/mol. The van der Waals surface area contributed by atoms with Crippen LogP contribution in [0.3, 0.4) is 0 Å². The van der Waals surface area contributed by atoms with E-state index >= 15 is 0 Å². The van der Waals surface area contributed by atoms with E-state index < -0.39 is 0 Å². The summed E-state index contributed by atoms with van der Waals surface area (Å²) >= 11 is 2.26. The fourth-order valence-corrected chi connectivity index (χ4v) is 4.09. The summed E-state index contributed by atoms with van der Waals surface area (Å²) in [7, 11) is 0. The quantitative estimate of drug-likeness (QED) is 0.487. The number of rotatable bonds is 3. The molecule has 1 N–H and O–H groups in total. The fourth-order valence-electron chi connectivity index (χ4n) is 3.73. The Morgan fingerprint density at radius 2 is 1.63 bits per heavy atom. The van der Waals surface area contributed by atoms with E-state index in [-0.39, 0.29) is 18.0 Å². The Labute approximate surface area is 173 Å². The van der Waals surface area contributed by atoms with Crippen LogP contribution in [0.15, 0.2) is 78.9 Å². The third kappa shape index (κ3) is 3.72. The molecule has 136 valence electrons. The van der Waals surface area contributed by atoms with Crippen LogP contribution >= 0.6 is 22.6 Å². The first kappa shape index (κ1) is 18.0. The number of benzene rings is 3. The third-order valence-corrected chi connectivity index (χ3v) is 5.73. The van der Waals surface area contributed by atoms with E-state index in [1.807, 2.05) is 59.5 Å². The molecule has 27 heavy (non-hydrogen) atoms. The number of hydrogen-bond acceptors (Lipinski definition) is 2. The van der Waals surface area contributed by atoms with Crippen LogP contribution in [0, 0.1) is 3.57 Å². The number of hydrogen-bond donors (Lipinski definition) is 1. The second kappa shape index (κ2) is 7.72. The molecule has 0 aromatic heterocycles. The minimum Gasteiger partial charge on any atom is -0.378 e. The maximum absolute atomic E-state index is 13.3. The molecule has 0 spiro atoms. The van der Waals surface area contributed by atoms with Gasteiger partial charge in [0.2, 0.25) is 0 Å². The fraction of sp³-hybridized carbons (Fsp3) is 0.174. The van der Waals surface area contributed by atoms with E-state index in [2.05, 4.69) is 59.1 Å². The summed E-state index contributed by atoms with van der Waals surface area (Å²) in [6.07, 6.45) is 0.863. The van der Waals surface area contributed by atoms with Gasteiger partial charge in [0, 0.05) is 26.6 Å². The Hall–Kier alpha value is -2.34. The molecule has 2 atom stereocenters. The highest BCUT2D eigenvalue weighted by Crippen LogP contribution is 2.39. The molecule has 0 bridgehead atoms. The van der Waals surface area contributed by atoms with Crippen molar-refractivity contribution in [2.45, 2.75) is 25.4 Å². The lowest BCUT2D eigenvalue weighted by Gasteiger charge is -2.40. The second-order valence-corrected chi connectivity index (χ2v) is 8.13. The van der Waals surface area contributed by atoms with Crippen LogP contribution in [-0.2, 0) is 0 Å². The average Bonchev–Trinajstić information content (AvgIpc) is 2.69. The van der Waals surface area contributed by atoms with E-state index in [0.717, 1.165) is 26.9 Å². The zero-order chi connectivity index (χ0) is 18.8. The molecule has 0 fully saturated rings. The van der Waals surface area contributed by atoms with Gasteiger partial charge in [0.05, 0.1) is 6.04 Å². The summed E-state index contributed by atoms with van der Waals surface area (Å²) in [5.74, 6) is 0.0597. The standard InChI is InChI=1S/C23H21IN2O/c1-16-15-21(25-19-7-3-2-4-8-19)20-9-5-6-10-22(20)26(16)23(27)17-11-13-18(24)14-12-17/h2-14,16,21,25H,15H2,1H3. The van der Waals surface area contributed by atoms with Gasteiger partial charge in [-0.3, -0.25) is 4.79 Å². The van der Waals surface area contributed by atoms with Crippen molar-refractivity contribution in [3.8, 4) is 0 Å². The topological polar surface area (TPSA) is 32.3 Å². The van der Waals surface area contributed by atoms with Crippen LogP contribution in [0.25, 0.3) is 0 Å². The van der Waals surface area contributed by atoms with Crippen LogP contribution in [0.4, 0.5) is 11.4 Å². The van der Waals surface area contributed by atoms with Crippen molar-refractivity contribution in [3.05, 3.63) is 93.6 Å². The van der Waals surface area contributed by atoms with E-state index in [1.165, 1.54) is 5.56 Å². The Morgan fingerprint density at radius 3 is 2.37 bits per heavy atom. The van der Waals surface area contributed by atoms with Crippen LogP contribution in [0.5, 0.6) is 0 Å². The van der Waals surface area contributed by atoms with Gasteiger partial charge in [0.1, 0.15) is 0 Å². The normalized spacial score (nSPS) is 18.7.